The molecule has 1 aromatic heterocycles. The molecule has 1 fully saturated rings. The first-order valence-electron chi connectivity index (χ1n) is 10.1. The first kappa shape index (κ1) is 21.0. The van der Waals surface area contributed by atoms with Crippen LogP contribution in [0.25, 0.3) is 5.69 Å². The van der Waals surface area contributed by atoms with Crippen molar-refractivity contribution in [2.75, 3.05) is 32.8 Å². The fourth-order valence-electron chi connectivity index (χ4n) is 3.39. The summed E-state index contributed by atoms with van der Waals surface area (Å²) in [5, 5.41) is 7.17. The molecule has 1 saturated heterocycles. The molecule has 8 heteroatoms. The zero-order valence-electron chi connectivity index (χ0n) is 16.6. The summed E-state index contributed by atoms with van der Waals surface area (Å²) in [6, 6.07) is 7.87. The highest BCUT2D eigenvalue weighted by Crippen LogP contribution is 2.19. The van der Waals surface area contributed by atoms with E-state index in [1.165, 1.54) is 10.7 Å². The first-order chi connectivity index (χ1) is 14.1. The quantitative estimate of drug-likeness (QED) is 0.688. The van der Waals surface area contributed by atoms with Crippen molar-refractivity contribution in [3.63, 3.8) is 0 Å². The maximum absolute atomic E-state index is 13.9. The lowest BCUT2D eigenvalue weighted by atomic mass is 9.95. The van der Waals surface area contributed by atoms with Crippen molar-refractivity contribution in [3.8, 4) is 5.69 Å². The molecule has 1 aliphatic heterocycles. The molecule has 1 N–H and O–H groups in total. The van der Waals surface area contributed by atoms with Gasteiger partial charge in [0, 0.05) is 45.0 Å². The number of benzene rings is 1. The molecule has 0 radical (unpaired) electrons. The SMILES string of the molecule is CCOCCCNC(=O)C1CCN(C(=O)c2ccn(-c3ccccc3F)n2)CC1. The minimum absolute atomic E-state index is 0.0393. The van der Waals surface area contributed by atoms with Gasteiger partial charge in [0.25, 0.3) is 5.91 Å². The van der Waals surface area contributed by atoms with E-state index in [4.69, 9.17) is 4.74 Å². The number of carbonyl (C=O) groups is 2. The smallest absolute Gasteiger partial charge is 0.274 e. The van der Waals surface area contributed by atoms with Crippen LogP contribution >= 0.6 is 0 Å². The predicted molar refractivity (Wildman–Crippen MR) is 106 cm³/mol. The van der Waals surface area contributed by atoms with Crippen LogP contribution < -0.4 is 5.32 Å². The average molecular weight is 402 g/mol. The summed E-state index contributed by atoms with van der Waals surface area (Å²) in [5.74, 6) is -0.641. The van der Waals surface area contributed by atoms with E-state index in [1.54, 1.807) is 35.4 Å². The number of likely N-dealkylation sites (tertiary alicyclic amines) is 1. The van der Waals surface area contributed by atoms with Crippen molar-refractivity contribution in [3.05, 3.63) is 48.0 Å². The third kappa shape index (κ3) is 5.41. The van der Waals surface area contributed by atoms with Crippen LogP contribution in [0, 0.1) is 11.7 Å². The van der Waals surface area contributed by atoms with Gasteiger partial charge in [0.15, 0.2) is 5.69 Å². The van der Waals surface area contributed by atoms with Gasteiger partial charge >= 0.3 is 0 Å². The Kier molecular flexibility index (Phi) is 7.35. The molecule has 156 valence electrons. The molecule has 0 unspecified atom stereocenters. The predicted octanol–water partition coefficient (Wildman–Crippen LogP) is 2.41. The van der Waals surface area contributed by atoms with Crippen LogP contribution in [0.4, 0.5) is 4.39 Å². The molecule has 1 aliphatic rings. The van der Waals surface area contributed by atoms with E-state index < -0.39 is 5.82 Å². The molecular weight excluding hydrogens is 375 g/mol. The number of hydrogen-bond donors (Lipinski definition) is 1. The minimum atomic E-state index is -0.400. The summed E-state index contributed by atoms with van der Waals surface area (Å²) in [6.07, 6.45) is 3.61. The second kappa shape index (κ2) is 10.2. The molecule has 3 rings (SSSR count). The summed E-state index contributed by atoms with van der Waals surface area (Å²) in [5.41, 5.74) is 0.568. The van der Waals surface area contributed by atoms with Crippen LogP contribution in [0.3, 0.4) is 0 Å². The first-order valence-corrected chi connectivity index (χ1v) is 10.1. The Hall–Kier alpha value is -2.74. The number of carbonyl (C=O) groups excluding carboxylic acids is 2. The van der Waals surface area contributed by atoms with Gasteiger partial charge in [0.05, 0.1) is 0 Å². The number of nitrogens with zero attached hydrogens (tertiary/aromatic N) is 3. The minimum Gasteiger partial charge on any atom is -0.382 e. The van der Waals surface area contributed by atoms with Crippen LogP contribution in [0.5, 0.6) is 0 Å². The van der Waals surface area contributed by atoms with Gasteiger partial charge in [-0.15, -0.1) is 0 Å². The Bertz CT molecular complexity index is 831. The number of amides is 2. The third-order valence-corrected chi connectivity index (χ3v) is 5.03. The fourth-order valence-corrected chi connectivity index (χ4v) is 3.39. The second-order valence-corrected chi connectivity index (χ2v) is 7.00. The van der Waals surface area contributed by atoms with Gasteiger partial charge in [-0.1, -0.05) is 12.1 Å². The van der Waals surface area contributed by atoms with E-state index in [0.29, 0.717) is 51.4 Å². The molecule has 1 aromatic carbocycles. The van der Waals surface area contributed by atoms with E-state index >= 15 is 0 Å². The molecule has 2 aromatic rings. The lowest BCUT2D eigenvalue weighted by Gasteiger charge is -2.30. The molecule has 0 atom stereocenters. The molecule has 2 amide bonds. The molecule has 0 aliphatic carbocycles. The topological polar surface area (TPSA) is 76.5 Å². The normalized spacial score (nSPS) is 14.8. The number of nitrogens with one attached hydrogen (secondary N) is 1. The standard InChI is InChI=1S/C21H27FN4O3/c1-2-29-15-5-11-23-20(27)16-8-12-25(13-9-16)21(28)18-10-14-26(24-18)19-7-4-3-6-17(19)22/h3-4,6-7,10,14,16H,2,5,8-9,11-13,15H2,1H3,(H,23,27). The summed E-state index contributed by atoms with van der Waals surface area (Å²) >= 11 is 0. The molecular formula is C21H27FN4O3. The number of hydrogen-bond acceptors (Lipinski definition) is 4. The van der Waals surface area contributed by atoms with Crippen LogP contribution in [0.2, 0.25) is 0 Å². The van der Waals surface area contributed by atoms with Gasteiger partial charge in [-0.05, 0) is 44.4 Å². The number of ether oxygens (including phenoxy) is 1. The van der Waals surface area contributed by atoms with Crippen LogP contribution in [-0.4, -0.2) is 59.3 Å². The fraction of sp³-hybridized carbons (Fsp3) is 0.476. The monoisotopic (exact) mass is 402 g/mol. The van der Waals surface area contributed by atoms with Crippen LogP contribution in [0.15, 0.2) is 36.5 Å². The number of para-hydroxylation sites is 1. The van der Waals surface area contributed by atoms with Crippen LogP contribution in [0.1, 0.15) is 36.7 Å². The van der Waals surface area contributed by atoms with Crippen molar-refractivity contribution < 1.29 is 18.7 Å². The molecule has 29 heavy (non-hydrogen) atoms. The van der Waals surface area contributed by atoms with Gasteiger partial charge in [0.1, 0.15) is 11.5 Å². The van der Waals surface area contributed by atoms with Crippen molar-refractivity contribution in [2.45, 2.75) is 26.2 Å². The molecule has 2 heterocycles. The van der Waals surface area contributed by atoms with Gasteiger partial charge in [-0.3, -0.25) is 9.59 Å². The molecule has 0 spiro atoms. The molecule has 7 nitrogen and oxygen atoms in total. The Morgan fingerprint density at radius 2 is 2.00 bits per heavy atom. The summed E-state index contributed by atoms with van der Waals surface area (Å²) in [4.78, 5) is 26.7. The van der Waals surface area contributed by atoms with E-state index in [0.717, 1.165) is 6.42 Å². The second-order valence-electron chi connectivity index (χ2n) is 7.00. The van der Waals surface area contributed by atoms with Gasteiger partial charge in [0.2, 0.25) is 5.91 Å². The maximum Gasteiger partial charge on any atom is 0.274 e. The van der Waals surface area contributed by atoms with E-state index in [9.17, 15) is 14.0 Å². The number of piperidine rings is 1. The lowest BCUT2D eigenvalue weighted by molar-refractivity contribution is -0.126. The van der Waals surface area contributed by atoms with Crippen molar-refractivity contribution >= 4 is 11.8 Å². The Balaban J connectivity index is 1.49. The summed E-state index contributed by atoms with van der Waals surface area (Å²) in [6.45, 7) is 4.87. The number of halogens is 1. The zero-order chi connectivity index (χ0) is 20.6. The van der Waals surface area contributed by atoms with Crippen LogP contribution in [-0.2, 0) is 9.53 Å². The van der Waals surface area contributed by atoms with E-state index in [2.05, 4.69) is 10.4 Å². The van der Waals surface area contributed by atoms with Gasteiger partial charge in [-0.2, -0.15) is 5.10 Å². The Morgan fingerprint density at radius 1 is 1.24 bits per heavy atom. The summed E-state index contributed by atoms with van der Waals surface area (Å²) < 4.78 is 20.5. The van der Waals surface area contributed by atoms with Crippen molar-refractivity contribution in [2.24, 2.45) is 5.92 Å². The Morgan fingerprint density at radius 3 is 2.72 bits per heavy atom. The maximum atomic E-state index is 13.9. The lowest BCUT2D eigenvalue weighted by Crippen LogP contribution is -2.43. The number of aromatic nitrogens is 2. The van der Waals surface area contributed by atoms with Crippen molar-refractivity contribution in [1.29, 1.82) is 0 Å². The number of rotatable bonds is 8. The highest BCUT2D eigenvalue weighted by atomic mass is 19.1. The van der Waals surface area contributed by atoms with Gasteiger partial charge < -0.3 is 15.0 Å². The third-order valence-electron chi connectivity index (χ3n) is 5.03. The van der Waals surface area contributed by atoms with E-state index in [1.807, 2.05) is 6.92 Å². The van der Waals surface area contributed by atoms with Crippen molar-refractivity contribution in [1.82, 2.24) is 20.0 Å². The highest BCUT2D eigenvalue weighted by Gasteiger charge is 2.28. The average Bonchev–Trinajstić information content (AvgIpc) is 3.23. The highest BCUT2D eigenvalue weighted by molar-refractivity contribution is 5.92. The summed E-state index contributed by atoms with van der Waals surface area (Å²) in [7, 11) is 0. The van der Waals surface area contributed by atoms with E-state index in [-0.39, 0.29) is 23.4 Å². The molecule has 0 saturated carbocycles. The largest absolute Gasteiger partial charge is 0.382 e. The van der Waals surface area contributed by atoms with Gasteiger partial charge in [-0.25, -0.2) is 9.07 Å². The Labute approximate surface area is 169 Å². The zero-order valence-corrected chi connectivity index (χ0v) is 16.6. The molecule has 0 bridgehead atoms.